The predicted octanol–water partition coefficient (Wildman–Crippen LogP) is 12.1. The van der Waals surface area contributed by atoms with Crippen molar-refractivity contribution in [3.8, 4) is 11.1 Å². The highest BCUT2D eigenvalue weighted by molar-refractivity contribution is 7.33. The second kappa shape index (κ2) is 11.4. The standard InChI is InChI=1S/C47H33BN2S2/c1-29(2)32-27-40-44-41(28-32)50(39-20-12-17-35-34-15-6-10-21-42(34)51-46(35)39)38-19-9-8-18-37(38)48(44)47-45(36-16-7-11-22-43(36)52-47)49(40)33-25-23-31(24-26-33)30-13-4-3-5-14-30/h3-29H,1-2H3. The van der Waals surface area contributed by atoms with Crippen molar-refractivity contribution in [1.82, 2.24) is 0 Å². The molecule has 0 saturated heterocycles. The van der Waals surface area contributed by atoms with Gasteiger partial charge in [0.1, 0.15) is 0 Å². The Bertz CT molecular complexity index is 2850. The Morgan fingerprint density at radius 1 is 0.500 bits per heavy atom. The first-order chi connectivity index (χ1) is 25.6. The zero-order valence-corrected chi connectivity index (χ0v) is 30.5. The summed E-state index contributed by atoms with van der Waals surface area (Å²) in [4.78, 5) is 5.17. The first-order valence-corrected chi connectivity index (χ1v) is 19.7. The van der Waals surface area contributed by atoms with Gasteiger partial charge in [-0.1, -0.05) is 123 Å². The Labute approximate surface area is 311 Å². The number of hydrogen-bond acceptors (Lipinski definition) is 4. The third-order valence-corrected chi connectivity index (χ3v) is 13.5. The van der Waals surface area contributed by atoms with E-state index in [9.17, 15) is 0 Å². The third-order valence-electron chi connectivity index (χ3n) is 11.0. The van der Waals surface area contributed by atoms with Gasteiger partial charge in [0.15, 0.2) is 0 Å². The fourth-order valence-electron chi connectivity index (χ4n) is 8.60. The maximum atomic E-state index is 2.59. The smallest absolute Gasteiger partial charge is 0.264 e. The van der Waals surface area contributed by atoms with E-state index in [4.69, 9.17) is 0 Å². The summed E-state index contributed by atoms with van der Waals surface area (Å²) in [5.41, 5.74) is 14.1. The number of fused-ring (bicyclic) bond motifs is 9. The van der Waals surface area contributed by atoms with Crippen LogP contribution in [0.2, 0.25) is 0 Å². The van der Waals surface area contributed by atoms with Gasteiger partial charge < -0.3 is 9.80 Å². The minimum absolute atomic E-state index is 0.118. The van der Waals surface area contributed by atoms with E-state index in [1.165, 1.54) is 96.8 Å². The van der Waals surface area contributed by atoms with Crippen molar-refractivity contribution in [2.75, 3.05) is 9.80 Å². The van der Waals surface area contributed by atoms with Crippen LogP contribution in [-0.4, -0.2) is 6.71 Å². The second-order valence-corrected chi connectivity index (χ2v) is 16.4. The molecule has 2 aromatic heterocycles. The number of nitrogens with zero attached hydrogens (tertiary/aromatic N) is 2. The van der Waals surface area contributed by atoms with E-state index in [0.29, 0.717) is 5.92 Å². The normalized spacial score (nSPS) is 13.2. The lowest BCUT2D eigenvalue weighted by Gasteiger charge is -2.43. The van der Waals surface area contributed by atoms with Crippen LogP contribution in [0.15, 0.2) is 158 Å². The van der Waals surface area contributed by atoms with E-state index in [1.807, 2.05) is 22.7 Å². The largest absolute Gasteiger partial charge is 0.310 e. The number of thiophene rings is 2. The molecular weight excluding hydrogens is 667 g/mol. The van der Waals surface area contributed by atoms with Crippen LogP contribution in [0, 0.1) is 0 Å². The molecule has 9 aromatic rings. The Morgan fingerprint density at radius 3 is 1.90 bits per heavy atom. The average molecular weight is 701 g/mol. The van der Waals surface area contributed by atoms with Crippen molar-refractivity contribution in [3.63, 3.8) is 0 Å². The third kappa shape index (κ3) is 4.30. The minimum Gasteiger partial charge on any atom is -0.310 e. The molecule has 4 heterocycles. The summed E-state index contributed by atoms with van der Waals surface area (Å²) < 4.78 is 5.39. The SMILES string of the molecule is CC(C)c1cc2c3c(c1)N(c1cccc4c1sc1ccccc14)c1ccccc1B3c1sc3ccccc3c1N2c1ccc(-c2ccccc2)cc1. The van der Waals surface area contributed by atoms with Crippen molar-refractivity contribution in [1.29, 1.82) is 0 Å². The Hall–Kier alpha value is -5.62. The van der Waals surface area contributed by atoms with Gasteiger partial charge in [0, 0.05) is 53.1 Å². The van der Waals surface area contributed by atoms with Gasteiger partial charge in [0.25, 0.3) is 6.71 Å². The zero-order chi connectivity index (χ0) is 34.5. The molecule has 0 amide bonds. The van der Waals surface area contributed by atoms with Crippen LogP contribution in [0.3, 0.4) is 0 Å². The minimum atomic E-state index is 0.118. The zero-order valence-electron chi connectivity index (χ0n) is 28.9. The molecule has 2 aliphatic rings. The molecule has 7 aromatic carbocycles. The maximum Gasteiger partial charge on any atom is 0.264 e. The van der Waals surface area contributed by atoms with Crippen molar-refractivity contribution < 1.29 is 0 Å². The summed E-state index contributed by atoms with van der Waals surface area (Å²) in [6.45, 7) is 4.77. The summed E-state index contributed by atoms with van der Waals surface area (Å²) >= 11 is 3.86. The summed E-state index contributed by atoms with van der Waals surface area (Å²) in [5.74, 6) is 0.349. The van der Waals surface area contributed by atoms with Gasteiger partial charge in [0.05, 0.1) is 16.1 Å². The van der Waals surface area contributed by atoms with Crippen molar-refractivity contribution >= 4 is 109 Å². The van der Waals surface area contributed by atoms with E-state index in [1.54, 1.807) is 0 Å². The van der Waals surface area contributed by atoms with Gasteiger partial charge >= 0.3 is 0 Å². The monoisotopic (exact) mass is 700 g/mol. The molecule has 0 fully saturated rings. The number of rotatable bonds is 4. The van der Waals surface area contributed by atoms with Crippen LogP contribution in [0.4, 0.5) is 34.1 Å². The predicted molar refractivity (Wildman–Crippen MR) is 228 cm³/mol. The van der Waals surface area contributed by atoms with Crippen LogP contribution >= 0.6 is 22.7 Å². The first-order valence-electron chi connectivity index (χ1n) is 18.1. The first kappa shape index (κ1) is 30.1. The number of para-hydroxylation sites is 1. The Kier molecular flexibility index (Phi) is 6.61. The molecule has 246 valence electrons. The second-order valence-electron chi connectivity index (χ2n) is 14.3. The highest BCUT2D eigenvalue weighted by Gasteiger charge is 2.45. The highest BCUT2D eigenvalue weighted by atomic mass is 32.1. The molecule has 0 spiro atoms. The molecule has 5 heteroatoms. The van der Waals surface area contributed by atoms with E-state index in [2.05, 4.69) is 181 Å². The quantitative estimate of drug-likeness (QED) is 0.169. The summed E-state index contributed by atoms with van der Waals surface area (Å²) in [7, 11) is 0. The molecule has 0 radical (unpaired) electrons. The Balaban J connectivity index is 1.23. The molecule has 0 atom stereocenters. The number of benzene rings is 7. The molecule has 0 N–H and O–H groups in total. The molecule has 52 heavy (non-hydrogen) atoms. The van der Waals surface area contributed by atoms with Gasteiger partial charge in [-0.05, 0) is 82.1 Å². The van der Waals surface area contributed by atoms with Crippen LogP contribution in [0.25, 0.3) is 41.4 Å². The van der Waals surface area contributed by atoms with Gasteiger partial charge in [-0.2, -0.15) is 0 Å². The van der Waals surface area contributed by atoms with Crippen LogP contribution in [0.5, 0.6) is 0 Å². The van der Waals surface area contributed by atoms with Crippen molar-refractivity contribution in [2.45, 2.75) is 19.8 Å². The molecule has 0 saturated carbocycles. The molecule has 2 nitrogen and oxygen atoms in total. The molecular formula is C47H33BN2S2. The number of anilines is 6. The summed E-state index contributed by atoms with van der Waals surface area (Å²) in [6, 6.07) is 58.7. The molecule has 0 aliphatic carbocycles. The lowest BCUT2D eigenvalue weighted by molar-refractivity contribution is 0.866. The van der Waals surface area contributed by atoms with Crippen LogP contribution < -0.4 is 25.5 Å². The van der Waals surface area contributed by atoms with E-state index < -0.39 is 0 Å². The molecule has 2 aliphatic heterocycles. The van der Waals surface area contributed by atoms with Gasteiger partial charge in [0.2, 0.25) is 0 Å². The van der Waals surface area contributed by atoms with Gasteiger partial charge in [-0.3, -0.25) is 0 Å². The maximum absolute atomic E-state index is 2.59. The molecule has 0 bridgehead atoms. The fourth-order valence-corrected chi connectivity index (χ4v) is 11.1. The highest BCUT2D eigenvalue weighted by Crippen LogP contribution is 2.50. The topological polar surface area (TPSA) is 6.48 Å². The van der Waals surface area contributed by atoms with Gasteiger partial charge in [-0.25, -0.2) is 0 Å². The lowest BCUT2D eigenvalue weighted by atomic mass is 9.36. The van der Waals surface area contributed by atoms with E-state index in [0.717, 1.165) is 0 Å². The average Bonchev–Trinajstić information content (AvgIpc) is 3.77. The Morgan fingerprint density at radius 2 is 1.12 bits per heavy atom. The molecule has 0 unspecified atom stereocenters. The van der Waals surface area contributed by atoms with Crippen LogP contribution in [0.1, 0.15) is 25.3 Å². The summed E-state index contributed by atoms with van der Waals surface area (Å²) in [5, 5.41) is 3.95. The van der Waals surface area contributed by atoms with Gasteiger partial charge in [-0.15, -0.1) is 22.7 Å². The van der Waals surface area contributed by atoms with Crippen molar-refractivity contribution in [2.24, 2.45) is 0 Å². The summed E-state index contributed by atoms with van der Waals surface area (Å²) in [6.07, 6.45) is 0. The van der Waals surface area contributed by atoms with Crippen LogP contribution in [-0.2, 0) is 0 Å². The fraction of sp³-hybridized carbons (Fsp3) is 0.0638. The van der Waals surface area contributed by atoms with E-state index >= 15 is 0 Å². The van der Waals surface area contributed by atoms with E-state index in [-0.39, 0.29) is 6.71 Å². The molecule has 11 rings (SSSR count). The van der Waals surface area contributed by atoms with Crippen molar-refractivity contribution in [3.05, 3.63) is 163 Å². The number of hydrogen-bond donors (Lipinski definition) is 0. The lowest BCUT2D eigenvalue weighted by Crippen LogP contribution is -2.60.